The molecule has 35 heavy (non-hydrogen) atoms. The summed E-state index contributed by atoms with van der Waals surface area (Å²) in [6, 6.07) is 6.67. The first-order chi connectivity index (χ1) is 17.2. The van der Waals surface area contributed by atoms with Gasteiger partial charge < -0.3 is 9.88 Å². The zero-order valence-corrected chi connectivity index (χ0v) is 22.5. The molecule has 1 aromatic heterocycles. The van der Waals surface area contributed by atoms with Gasteiger partial charge in [-0.3, -0.25) is 0 Å². The third-order valence-electron chi connectivity index (χ3n) is 7.26. The normalized spacial score (nSPS) is 14.5. The third-order valence-corrected chi connectivity index (χ3v) is 7.26. The fraction of sp³-hybridized carbons (Fsp3) is 0.515. The molecule has 0 bridgehead atoms. The van der Waals surface area contributed by atoms with Gasteiger partial charge in [-0.05, 0) is 76.0 Å². The van der Waals surface area contributed by atoms with Crippen LogP contribution < -0.4 is 0 Å². The number of fused-ring (bicyclic) bond motifs is 1. The summed E-state index contributed by atoms with van der Waals surface area (Å²) in [7, 11) is 0. The molecule has 0 fully saturated rings. The van der Waals surface area contributed by atoms with E-state index in [9.17, 15) is 0 Å². The molecule has 2 heteroatoms. The van der Waals surface area contributed by atoms with Gasteiger partial charge in [0.25, 0.3) is 0 Å². The smallest absolute Gasteiger partial charge is 0.0460 e. The Morgan fingerprint density at radius 1 is 0.971 bits per heavy atom. The number of unbranched alkanes of at least 4 members (excludes halogenated alkanes) is 8. The lowest BCUT2D eigenvalue weighted by Crippen LogP contribution is -2.27. The van der Waals surface area contributed by atoms with Crippen LogP contribution in [0.5, 0.6) is 0 Å². The van der Waals surface area contributed by atoms with E-state index in [-0.39, 0.29) is 0 Å². The van der Waals surface area contributed by atoms with Crippen molar-refractivity contribution in [3.8, 4) is 0 Å². The lowest BCUT2D eigenvalue weighted by atomic mass is 9.97. The lowest BCUT2D eigenvalue weighted by molar-refractivity contribution is 0.362. The minimum absolute atomic E-state index is 0.993. The van der Waals surface area contributed by atoms with Crippen molar-refractivity contribution in [1.82, 2.24) is 9.88 Å². The van der Waals surface area contributed by atoms with Crippen LogP contribution in [0.4, 0.5) is 0 Å². The van der Waals surface area contributed by atoms with Gasteiger partial charge in [0.15, 0.2) is 0 Å². The Labute approximate surface area is 214 Å². The summed E-state index contributed by atoms with van der Waals surface area (Å²) in [5.41, 5.74) is 6.73. The summed E-state index contributed by atoms with van der Waals surface area (Å²) in [4.78, 5) is 5.92. The average Bonchev–Trinajstić information content (AvgIpc) is 3.29. The number of aromatic amines is 1. The molecule has 0 atom stereocenters. The van der Waals surface area contributed by atoms with E-state index in [1.807, 2.05) is 0 Å². The van der Waals surface area contributed by atoms with E-state index in [4.69, 9.17) is 0 Å². The van der Waals surface area contributed by atoms with Gasteiger partial charge in [-0.1, -0.05) is 87.6 Å². The summed E-state index contributed by atoms with van der Waals surface area (Å²) < 4.78 is 0. The second kappa shape index (κ2) is 15.5. The quantitative estimate of drug-likeness (QED) is 0.190. The van der Waals surface area contributed by atoms with E-state index in [1.54, 1.807) is 0 Å². The van der Waals surface area contributed by atoms with Gasteiger partial charge in [0.05, 0.1) is 0 Å². The van der Waals surface area contributed by atoms with Gasteiger partial charge in [-0.2, -0.15) is 0 Å². The summed E-state index contributed by atoms with van der Waals surface area (Å²) in [5, 5.41) is 1.36. The van der Waals surface area contributed by atoms with Gasteiger partial charge in [-0.25, -0.2) is 0 Å². The maximum Gasteiger partial charge on any atom is 0.0460 e. The highest BCUT2D eigenvalue weighted by molar-refractivity contribution is 5.93. The summed E-state index contributed by atoms with van der Waals surface area (Å²) in [6.07, 6.45) is 30.4. The standard InChI is InChI=1S/C33H48N2/c1-4-5-6-7-8-9-10-11-12-13-14-15-16-17-18-19-29(3)35-24-22-30(23-25-35)32-27-34-33-21-20-28(2)26-31(32)33/h8-9,11-12,20-22,26-27,34H,3-7,10,13-19,23-25H2,1-2H3/b9-8-,12-11-. The molecule has 0 aliphatic carbocycles. The molecule has 0 unspecified atom stereocenters. The van der Waals surface area contributed by atoms with E-state index < -0.39 is 0 Å². The highest BCUT2D eigenvalue weighted by Crippen LogP contribution is 2.31. The first kappa shape index (κ1) is 27.1. The van der Waals surface area contributed by atoms with Gasteiger partial charge in [0.1, 0.15) is 0 Å². The fourth-order valence-corrected chi connectivity index (χ4v) is 5.00. The maximum absolute atomic E-state index is 4.41. The number of aryl methyl sites for hydroxylation is 1. The Morgan fingerprint density at radius 2 is 1.71 bits per heavy atom. The molecule has 2 aromatic rings. The van der Waals surface area contributed by atoms with Crippen LogP contribution in [0.15, 0.2) is 67.1 Å². The maximum atomic E-state index is 4.41. The van der Waals surface area contributed by atoms with Crippen molar-refractivity contribution in [3.05, 3.63) is 78.2 Å². The number of aromatic nitrogens is 1. The fourth-order valence-electron chi connectivity index (χ4n) is 5.00. The monoisotopic (exact) mass is 472 g/mol. The number of nitrogens with zero attached hydrogens (tertiary/aromatic N) is 1. The number of hydrogen-bond acceptors (Lipinski definition) is 1. The molecular weight excluding hydrogens is 424 g/mol. The van der Waals surface area contributed by atoms with Crippen molar-refractivity contribution in [3.63, 3.8) is 0 Å². The molecule has 0 amide bonds. The first-order valence-electron chi connectivity index (χ1n) is 14.2. The Hall–Kier alpha value is -2.48. The van der Waals surface area contributed by atoms with Crippen molar-refractivity contribution in [2.75, 3.05) is 13.1 Å². The molecule has 1 aromatic carbocycles. The topological polar surface area (TPSA) is 19.0 Å². The molecule has 2 nitrogen and oxygen atoms in total. The van der Waals surface area contributed by atoms with Crippen LogP contribution in [0.1, 0.15) is 102 Å². The molecule has 0 radical (unpaired) electrons. The van der Waals surface area contributed by atoms with Crippen LogP contribution in [0.25, 0.3) is 16.5 Å². The molecule has 3 rings (SSSR count). The van der Waals surface area contributed by atoms with E-state index in [2.05, 4.69) is 85.1 Å². The average molecular weight is 473 g/mol. The van der Waals surface area contributed by atoms with Crippen molar-refractivity contribution in [2.45, 2.75) is 97.3 Å². The van der Waals surface area contributed by atoms with Gasteiger partial charge in [-0.15, -0.1) is 0 Å². The van der Waals surface area contributed by atoms with Crippen molar-refractivity contribution in [1.29, 1.82) is 0 Å². The van der Waals surface area contributed by atoms with Gasteiger partial charge >= 0.3 is 0 Å². The second-order valence-electron chi connectivity index (χ2n) is 10.2. The molecular formula is C33H48N2. The van der Waals surface area contributed by atoms with E-state index in [0.717, 1.165) is 32.4 Å². The van der Waals surface area contributed by atoms with Crippen LogP contribution >= 0.6 is 0 Å². The molecule has 0 spiro atoms. The summed E-state index contributed by atoms with van der Waals surface area (Å²) in [5.74, 6) is 0. The Bertz CT molecular complexity index is 988. The van der Waals surface area contributed by atoms with Crippen molar-refractivity contribution < 1.29 is 0 Å². The third kappa shape index (κ3) is 9.24. The minimum atomic E-state index is 0.993. The number of hydrogen-bond donors (Lipinski definition) is 1. The number of nitrogens with one attached hydrogen (secondary N) is 1. The SMILES string of the molecule is C=C(CCCCCCC/C=C\C/C=C\CCCCC)N1CC=C(c2c[nH]c3ccc(C)cc23)CC1. The largest absolute Gasteiger partial charge is 0.371 e. The number of benzene rings is 1. The van der Waals surface area contributed by atoms with Crippen LogP contribution in [-0.4, -0.2) is 23.0 Å². The lowest BCUT2D eigenvalue weighted by Gasteiger charge is -2.30. The molecule has 1 aliphatic heterocycles. The zero-order valence-electron chi connectivity index (χ0n) is 22.5. The van der Waals surface area contributed by atoms with Crippen LogP contribution in [0.3, 0.4) is 0 Å². The molecule has 2 heterocycles. The van der Waals surface area contributed by atoms with E-state index >= 15 is 0 Å². The molecule has 190 valence electrons. The van der Waals surface area contributed by atoms with Crippen LogP contribution in [0.2, 0.25) is 0 Å². The number of rotatable bonds is 16. The predicted octanol–water partition coefficient (Wildman–Crippen LogP) is 9.89. The Balaban J connectivity index is 1.24. The predicted molar refractivity (Wildman–Crippen MR) is 156 cm³/mol. The minimum Gasteiger partial charge on any atom is -0.371 e. The molecule has 1 N–H and O–H groups in total. The van der Waals surface area contributed by atoms with Gasteiger partial charge in [0.2, 0.25) is 0 Å². The van der Waals surface area contributed by atoms with Crippen molar-refractivity contribution in [2.24, 2.45) is 0 Å². The van der Waals surface area contributed by atoms with E-state index in [0.29, 0.717) is 0 Å². The summed E-state index contributed by atoms with van der Waals surface area (Å²) in [6.45, 7) is 10.9. The Morgan fingerprint density at radius 3 is 2.46 bits per heavy atom. The summed E-state index contributed by atoms with van der Waals surface area (Å²) >= 11 is 0. The van der Waals surface area contributed by atoms with Crippen LogP contribution in [-0.2, 0) is 0 Å². The highest BCUT2D eigenvalue weighted by atomic mass is 15.1. The molecule has 0 saturated carbocycles. The van der Waals surface area contributed by atoms with Crippen molar-refractivity contribution >= 4 is 16.5 Å². The molecule has 0 saturated heterocycles. The zero-order chi connectivity index (χ0) is 24.7. The number of allylic oxidation sites excluding steroid dienone is 5. The Kier molecular flexibility index (Phi) is 12.0. The van der Waals surface area contributed by atoms with Crippen LogP contribution in [0, 0.1) is 6.92 Å². The van der Waals surface area contributed by atoms with Gasteiger partial charge in [0, 0.05) is 41.4 Å². The number of H-pyrrole nitrogens is 1. The highest BCUT2D eigenvalue weighted by Gasteiger charge is 2.16. The van der Waals surface area contributed by atoms with E-state index in [1.165, 1.54) is 97.5 Å². The first-order valence-corrected chi connectivity index (χ1v) is 14.2. The molecule has 1 aliphatic rings. The second-order valence-corrected chi connectivity index (χ2v) is 10.2.